The van der Waals surface area contributed by atoms with Crippen molar-refractivity contribution in [3.8, 4) is 11.5 Å². The molecule has 2 aromatic carbocycles. The summed E-state index contributed by atoms with van der Waals surface area (Å²) >= 11 is 7.18. The van der Waals surface area contributed by atoms with Gasteiger partial charge in [0.1, 0.15) is 16.7 Å². The van der Waals surface area contributed by atoms with Crippen LogP contribution < -0.4 is 14.8 Å². The third-order valence-electron chi connectivity index (χ3n) is 4.43. The molecule has 1 N–H and O–H groups in total. The maximum Gasteiger partial charge on any atom is 0.242 e. The Morgan fingerprint density at radius 2 is 2.00 bits per heavy atom. The summed E-state index contributed by atoms with van der Waals surface area (Å²) in [4.78, 5) is 31.7. The van der Waals surface area contributed by atoms with E-state index < -0.39 is 5.25 Å². The van der Waals surface area contributed by atoms with Gasteiger partial charge in [0.25, 0.3) is 0 Å². The van der Waals surface area contributed by atoms with Crippen molar-refractivity contribution in [2.75, 3.05) is 26.1 Å². The van der Waals surface area contributed by atoms with Gasteiger partial charge in [-0.15, -0.1) is 6.58 Å². The molecule has 2 amide bonds. The SMILES string of the molecule is C=CCN1C(=O)C(CC(=O)Nc2cc(OC)ccc2OC)SC1=Nc1ccc(Cl)cc1. The van der Waals surface area contributed by atoms with Crippen LogP contribution in [0.2, 0.25) is 5.02 Å². The molecule has 1 fully saturated rings. The van der Waals surface area contributed by atoms with Gasteiger partial charge in [-0.2, -0.15) is 0 Å². The van der Waals surface area contributed by atoms with Gasteiger partial charge in [-0.05, 0) is 36.4 Å². The molecule has 9 heteroatoms. The lowest BCUT2D eigenvalue weighted by Crippen LogP contribution is -2.33. The second-order valence-electron chi connectivity index (χ2n) is 6.53. The van der Waals surface area contributed by atoms with E-state index in [0.29, 0.717) is 39.6 Å². The first-order chi connectivity index (χ1) is 14.9. The zero-order valence-electron chi connectivity index (χ0n) is 17.1. The number of aliphatic imine (C=N–C) groups is 1. The van der Waals surface area contributed by atoms with Gasteiger partial charge in [0.2, 0.25) is 11.8 Å². The van der Waals surface area contributed by atoms with Crippen LogP contribution in [0.5, 0.6) is 11.5 Å². The van der Waals surface area contributed by atoms with Crippen molar-refractivity contribution >= 4 is 51.7 Å². The summed E-state index contributed by atoms with van der Waals surface area (Å²) in [5, 5.41) is 3.32. The van der Waals surface area contributed by atoms with E-state index in [1.807, 2.05) is 0 Å². The first-order valence-corrected chi connectivity index (χ1v) is 10.7. The lowest BCUT2D eigenvalue weighted by atomic mass is 10.2. The zero-order chi connectivity index (χ0) is 22.4. The van der Waals surface area contributed by atoms with E-state index >= 15 is 0 Å². The molecule has 0 aromatic heterocycles. The first kappa shape index (κ1) is 22.7. The topological polar surface area (TPSA) is 80.2 Å². The quantitative estimate of drug-likeness (QED) is 0.588. The second-order valence-corrected chi connectivity index (χ2v) is 8.14. The number of methoxy groups -OCH3 is 2. The predicted octanol–water partition coefficient (Wildman–Crippen LogP) is 4.50. The Hall–Kier alpha value is -2.97. The van der Waals surface area contributed by atoms with Crippen LogP contribution in [0.15, 0.2) is 60.1 Å². The van der Waals surface area contributed by atoms with Gasteiger partial charge >= 0.3 is 0 Å². The number of nitrogens with one attached hydrogen (secondary N) is 1. The molecule has 0 aliphatic carbocycles. The summed E-state index contributed by atoms with van der Waals surface area (Å²) in [6.45, 7) is 4.01. The molecule has 0 radical (unpaired) electrons. The Bertz CT molecular complexity index is 1010. The highest BCUT2D eigenvalue weighted by atomic mass is 35.5. The average molecular weight is 460 g/mol. The van der Waals surface area contributed by atoms with Gasteiger partial charge in [-0.3, -0.25) is 14.5 Å². The number of hydrogen-bond donors (Lipinski definition) is 1. The van der Waals surface area contributed by atoms with Crippen LogP contribution in [0.25, 0.3) is 0 Å². The van der Waals surface area contributed by atoms with Crippen LogP contribution >= 0.6 is 23.4 Å². The second kappa shape index (κ2) is 10.4. The van der Waals surface area contributed by atoms with Crippen LogP contribution in [-0.4, -0.2) is 47.9 Å². The highest BCUT2D eigenvalue weighted by Gasteiger charge is 2.38. The average Bonchev–Trinajstić information content (AvgIpc) is 3.04. The van der Waals surface area contributed by atoms with Crippen LogP contribution in [0.4, 0.5) is 11.4 Å². The monoisotopic (exact) mass is 459 g/mol. The van der Waals surface area contributed by atoms with Crippen LogP contribution in [0, 0.1) is 0 Å². The number of carbonyl (C=O) groups excluding carboxylic acids is 2. The molecule has 162 valence electrons. The third kappa shape index (κ3) is 5.59. The standard InChI is InChI=1S/C22H22ClN3O4S/c1-4-11-26-21(28)19(31-22(26)24-15-7-5-14(23)6-8-15)13-20(27)25-17-12-16(29-2)9-10-18(17)30-3/h4-10,12,19H,1,11,13H2,2-3H3,(H,25,27). The van der Waals surface area contributed by atoms with Crippen molar-refractivity contribution in [2.45, 2.75) is 11.7 Å². The smallest absolute Gasteiger partial charge is 0.242 e. The first-order valence-electron chi connectivity index (χ1n) is 9.40. The van der Waals surface area contributed by atoms with Crippen molar-refractivity contribution in [1.82, 2.24) is 4.90 Å². The number of anilines is 1. The molecule has 1 aliphatic heterocycles. The number of thioether (sulfide) groups is 1. The number of ether oxygens (including phenoxy) is 2. The Labute approximate surface area is 190 Å². The fraction of sp³-hybridized carbons (Fsp3) is 0.227. The van der Waals surface area contributed by atoms with E-state index in [2.05, 4.69) is 16.9 Å². The minimum atomic E-state index is -0.595. The molecule has 1 aliphatic rings. The number of amides is 2. The number of amidine groups is 1. The highest BCUT2D eigenvalue weighted by Crippen LogP contribution is 2.33. The van der Waals surface area contributed by atoms with Crippen LogP contribution in [0.1, 0.15) is 6.42 Å². The molecule has 0 bridgehead atoms. The number of rotatable bonds is 8. The fourth-order valence-electron chi connectivity index (χ4n) is 2.93. The number of halogens is 1. The lowest BCUT2D eigenvalue weighted by molar-refractivity contribution is -0.127. The van der Waals surface area contributed by atoms with Crippen molar-refractivity contribution in [1.29, 1.82) is 0 Å². The lowest BCUT2D eigenvalue weighted by Gasteiger charge is -2.14. The molecule has 2 aromatic rings. The van der Waals surface area contributed by atoms with E-state index in [1.165, 1.54) is 30.9 Å². The van der Waals surface area contributed by atoms with Crippen LogP contribution in [0.3, 0.4) is 0 Å². The number of carbonyl (C=O) groups is 2. The maximum atomic E-state index is 12.9. The van der Waals surface area contributed by atoms with E-state index in [0.717, 1.165) is 0 Å². The van der Waals surface area contributed by atoms with Gasteiger partial charge < -0.3 is 14.8 Å². The van der Waals surface area contributed by atoms with Crippen molar-refractivity contribution in [3.63, 3.8) is 0 Å². The summed E-state index contributed by atoms with van der Waals surface area (Å²) in [7, 11) is 3.05. The van der Waals surface area contributed by atoms with Gasteiger partial charge in [-0.25, -0.2) is 4.99 Å². The normalized spacial score (nSPS) is 17.0. The third-order valence-corrected chi connectivity index (χ3v) is 5.86. The minimum Gasteiger partial charge on any atom is -0.497 e. The Morgan fingerprint density at radius 3 is 2.65 bits per heavy atom. The summed E-state index contributed by atoms with van der Waals surface area (Å²) in [5.41, 5.74) is 1.14. The van der Waals surface area contributed by atoms with Gasteiger partial charge in [-0.1, -0.05) is 29.4 Å². The minimum absolute atomic E-state index is 0.0167. The van der Waals surface area contributed by atoms with E-state index in [4.69, 9.17) is 21.1 Å². The molecule has 1 atom stereocenters. The molecule has 7 nitrogen and oxygen atoms in total. The fourth-order valence-corrected chi connectivity index (χ4v) is 4.22. The number of nitrogens with zero attached hydrogens (tertiary/aromatic N) is 2. The van der Waals surface area contributed by atoms with E-state index in [1.54, 1.807) is 48.5 Å². The van der Waals surface area contributed by atoms with Gasteiger partial charge in [0.15, 0.2) is 5.17 Å². The molecule has 1 heterocycles. The van der Waals surface area contributed by atoms with Gasteiger partial charge in [0, 0.05) is 24.1 Å². The van der Waals surface area contributed by atoms with E-state index in [-0.39, 0.29) is 18.2 Å². The Balaban J connectivity index is 1.75. The molecule has 1 unspecified atom stereocenters. The molecule has 1 saturated heterocycles. The van der Waals surface area contributed by atoms with Crippen LogP contribution in [-0.2, 0) is 9.59 Å². The predicted molar refractivity (Wildman–Crippen MR) is 125 cm³/mol. The summed E-state index contributed by atoms with van der Waals surface area (Å²) in [6, 6.07) is 12.1. The molecular weight excluding hydrogens is 438 g/mol. The molecule has 31 heavy (non-hydrogen) atoms. The zero-order valence-corrected chi connectivity index (χ0v) is 18.7. The summed E-state index contributed by atoms with van der Waals surface area (Å²) < 4.78 is 10.5. The van der Waals surface area contributed by atoms with E-state index in [9.17, 15) is 9.59 Å². The Morgan fingerprint density at radius 1 is 1.26 bits per heavy atom. The molecular formula is C22H22ClN3O4S. The van der Waals surface area contributed by atoms with Gasteiger partial charge in [0.05, 0.1) is 25.6 Å². The largest absolute Gasteiger partial charge is 0.497 e. The van der Waals surface area contributed by atoms with Crippen molar-refractivity contribution in [2.24, 2.45) is 4.99 Å². The maximum absolute atomic E-state index is 12.9. The number of hydrogen-bond acceptors (Lipinski definition) is 6. The van der Waals surface area contributed by atoms with Crippen molar-refractivity contribution < 1.29 is 19.1 Å². The molecule has 0 saturated carbocycles. The highest BCUT2D eigenvalue weighted by molar-refractivity contribution is 8.15. The molecule has 3 rings (SSSR count). The summed E-state index contributed by atoms with van der Waals surface area (Å²) in [6.07, 6.45) is 1.61. The number of benzene rings is 2. The Kier molecular flexibility index (Phi) is 7.59. The van der Waals surface area contributed by atoms with Crippen molar-refractivity contribution in [3.05, 3.63) is 60.1 Å². The summed E-state index contributed by atoms with van der Waals surface area (Å²) in [5.74, 6) is 0.573. The molecule has 0 spiro atoms.